The summed E-state index contributed by atoms with van der Waals surface area (Å²) in [6.45, 7) is 2.78. The van der Waals surface area contributed by atoms with Crippen molar-refractivity contribution in [1.82, 2.24) is 0 Å². The van der Waals surface area contributed by atoms with Crippen molar-refractivity contribution >= 4 is 23.7 Å². The zero-order valence-corrected chi connectivity index (χ0v) is 15.5. The molecule has 0 rings (SSSR count). The third kappa shape index (κ3) is 19.2. The van der Waals surface area contributed by atoms with E-state index >= 15 is 0 Å². The second kappa shape index (κ2) is 17.6. The van der Waals surface area contributed by atoms with Gasteiger partial charge in [0, 0.05) is 12.8 Å². The number of hydrogen-bond acceptors (Lipinski definition) is 4. The van der Waals surface area contributed by atoms with Crippen molar-refractivity contribution in [2.24, 2.45) is 0 Å². The molecule has 0 spiro atoms. The van der Waals surface area contributed by atoms with Crippen LogP contribution < -0.4 is 0 Å². The van der Waals surface area contributed by atoms with Crippen LogP contribution in [0.3, 0.4) is 0 Å². The van der Waals surface area contributed by atoms with E-state index in [1.165, 1.54) is 38.5 Å². The van der Waals surface area contributed by atoms with E-state index in [-0.39, 0.29) is 12.4 Å². The van der Waals surface area contributed by atoms with Gasteiger partial charge < -0.3 is 9.84 Å². The van der Waals surface area contributed by atoms with Gasteiger partial charge in [-0.1, -0.05) is 51.9 Å². The number of ether oxygens (including phenoxy) is 1. The molecule has 0 atom stereocenters. The molecule has 0 aromatic heterocycles. The average Bonchev–Trinajstić information content (AvgIpc) is 2.52. The first-order valence-electron chi connectivity index (χ1n) is 9.12. The Kier molecular flexibility index (Phi) is 17.1. The van der Waals surface area contributed by atoms with Gasteiger partial charge >= 0.3 is 11.9 Å². The first-order chi connectivity index (χ1) is 11.2. The van der Waals surface area contributed by atoms with E-state index in [2.05, 4.69) is 6.92 Å². The van der Waals surface area contributed by atoms with Crippen LogP contribution in [-0.2, 0) is 14.3 Å². The monoisotopic (exact) mass is 346 g/mol. The lowest BCUT2D eigenvalue weighted by Crippen LogP contribution is -2.06. The lowest BCUT2D eigenvalue weighted by Gasteiger charge is -2.05. The standard InChI is InChI=1S/C18H34O4S/c1-2-3-4-5-6-7-8-9-14-22-18(21)13-11-16-23-15-10-12-17(19)20/h2-16H2,1H3,(H,19,20). The molecule has 0 aliphatic rings. The summed E-state index contributed by atoms with van der Waals surface area (Å²) >= 11 is 1.71. The van der Waals surface area contributed by atoms with E-state index in [1.807, 2.05) is 0 Å². The van der Waals surface area contributed by atoms with Crippen LogP contribution in [0.2, 0.25) is 0 Å². The van der Waals surface area contributed by atoms with Crippen molar-refractivity contribution in [1.29, 1.82) is 0 Å². The Morgan fingerprint density at radius 1 is 0.826 bits per heavy atom. The molecule has 0 aliphatic carbocycles. The molecule has 0 saturated carbocycles. The predicted octanol–water partition coefficient (Wildman–Crippen LogP) is 5.05. The van der Waals surface area contributed by atoms with Gasteiger partial charge in [0.1, 0.15) is 0 Å². The van der Waals surface area contributed by atoms with E-state index < -0.39 is 5.97 Å². The van der Waals surface area contributed by atoms with Gasteiger partial charge in [0.25, 0.3) is 0 Å². The Morgan fingerprint density at radius 3 is 2.00 bits per heavy atom. The van der Waals surface area contributed by atoms with Gasteiger partial charge in [0.2, 0.25) is 0 Å². The molecule has 0 fully saturated rings. The Morgan fingerprint density at radius 2 is 1.39 bits per heavy atom. The van der Waals surface area contributed by atoms with Gasteiger partial charge in [0.05, 0.1) is 6.61 Å². The van der Waals surface area contributed by atoms with Crippen LogP contribution in [0.4, 0.5) is 0 Å². The van der Waals surface area contributed by atoms with E-state index in [9.17, 15) is 9.59 Å². The van der Waals surface area contributed by atoms with Gasteiger partial charge in [0.15, 0.2) is 0 Å². The van der Waals surface area contributed by atoms with Crippen LogP contribution in [0.1, 0.15) is 84.0 Å². The van der Waals surface area contributed by atoms with Crippen molar-refractivity contribution in [3.05, 3.63) is 0 Å². The fourth-order valence-corrected chi connectivity index (χ4v) is 3.14. The number of aliphatic carboxylic acids is 1. The minimum Gasteiger partial charge on any atom is -0.481 e. The number of carbonyl (C=O) groups is 2. The molecule has 4 nitrogen and oxygen atoms in total. The minimum atomic E-state index is -0.741. The lowest BCUT2D eigenvalue weighted by molar-refractivity contribution is -0.143. The summed E-state index contributed by atoms with van der Waals surface area (Å²) in [5.74, 6) is 0.903. The molecule has 0 heterocycles. The van der Waals surface area contributed by atoms with Crippen LogP contribution in [0, 0.1) is 0 Å². The maximum Gasteiger partial charge on any atom is 0.305 e. The van der Waals surface area contributed by atoms with Crippen molar-refractivity contribution in [3.8, 4) is 0 Å². The summed E-state index contributed by atoms with van der Waals surface area (Å²) in [7, 11) is 0. The molecule has 0 bridgehead atoms. The molecule has 0 amide bonds. The van der Waals surface area contributed by atoms with Crippen molar-refractivity contribution < 1.29 is 19.4 Å². The van der Waals surface area contributed by atoms with Crippen LogP contribution in [0.25, 0.3) is 0 Å². The number of hydrogen-bond donors (Lipinski definition) is 1. The number of carbonyl (C=O) groups excluding carboxylic acids is 1. The van der Waals surface area contributed by atoms with Crippen molar-refractivity contribution in [3.63, 3.8) is 0 Å². The average molecular weight is 347 g/mol. The molecule has 23 heavy (non-hydrogen) atoms. The topological polar surface area (TPSA) is 63.6 Å². The van der Waals surface area contributed by atoms with E-state index in [4.69, 9.17) is 9.84 Å². The number of carboxylic acid groups (broad SMARTS) is 1. The normalized spacial score (nSPS) is 10.7. The highest BCUT2D eigenvalue weighted by Crippen LogP contribution is 2.10. The molecule has 0 aromatic carbocycles. The number of carboxylic acids is 1. The largest absolute Gasteiger partial charge is 0.481 e. The van der Waals surface area contributed by atoms with Gasteiger partial charge in [-0.25, -0.2) is 0 Å². The molecule has 0 aromatic rings. The molecule has 0 saturated heterocycles. The molecule has 5 heteroatoms. The second-order valence-electron chi connectivity index (χ2n) is 5.91. The highest BCUT2D eigenvalue weighted by molar-refractivity contribution is 7.99. The Hall–Kier alpha value is -0.710. The maximum absolute atomic E-state index is 11.5. The summed E-state index contributed by atoms with van der Waals surface area (Å²) in [6, 6.07) is 0. The summed E-state index contributed by atoms with van der Waals surface area (Å²) in [4.78, 5) is 21.9. The summed E-state index contributed by atoms with van der Waals surface area (Å²) < 4.78 is 5.22. The van der Waals surface area contributed by atoms with Crippen LogP contribution >= 0.6 is 11.8 Å². The molecule has 0 radical (unpaired) electrons. The summed E-state index contributed by atoms with van der Waals surface area (Å²) in [5, 5.41) is 8.50. The molecule has 136 valence electrons. The zero-order chi connectivity index (χ0) is 17.2. The van der Waals surface area contributed by atoms with Gasteiger partial charge in [-0.3, -0.25) is 9.59 Å². The van der Waals surface area contributed by atoms with Gasteiger partial charge in [-0.05, 0) is 30.8 Å². The van der Waals surface area contributed by atoms with E-state index in [0.29, 0.717) is 19.4 Å². The molecular formula is C18H34O4S. The van der Waals surface area contributed by atoms with Crippen molar-refractivity contribution in [2.75, 3.05) is 18.1 Å². The van der Waals surface area contributed by atoms with Gasteiger partial charge in [-0.2, -0.15) is 11.8 Å². The SMILES string of the molecule is CCCCCCCCCCOC(=O)CCCSCCCC(=O)O. The van der Waals surface area contributed by atoms with E-state index in [1.54, 1.807) is 11.8 Å². The third-order valence-electron chi connectivity index (χ3n) is 3.61. The maximum atomic E-state index is 11.5. The second-order valence-corrected chi connectivity index (χ2v) is 7.13. The number of thioether (sulfide) groups is 1. The molecular weight excluding hydrogens is 312 g/mol. The smallest absolute Gasteiger partial charge is 0.305 e. The van der Waals surface area contributed by atoms with Crippen molar-refractivity contribution in [2.45, 2.75) is 84.0 Å². The molecule has 0 unspecified atom stereocenters. The van der Waals surface area contributed by atoms with Gasteiger partial charge in [-0.15, -0.1) is 0 Å². The Labute approximate surface area is 145 Å². The third-order valence-corrected chi connectivity index (χ3v) is 4.76. The lowest BCUT2D eigenvalue weighted by atomic mass is 10.1. The number of esters is 1. The summed E-state index contributed by atoms with van der Waals surface area (Å²) in [5.41, 5.74) is 0. The molecule has 0 aliphatic heterocycles. The van der Waals surface area contributed by atoms with Crippen LogP contribution in [0.5, 0.6) is 0 Å². The zero-order valence-electron chi connectivity index (χ0n) is 14.7. The van der Waals surface area contributed by atoms with Crippen LogP contribution in [0.15, 0.2) is 0 Å². The minimum absolute atomic E-state index is 0.0981. The predicted molar refractivity (Wildman–Crippen MR) is 97.0 cm³/mol. The summed E-state index contributed by atoms with van der Waals surface area (Å²) in [6.07, 6.45) is 12.2. The quantitative estimate of drug-likeness (QED) is 0.295. The fourth-order valence-electron chi connectivity index (χ4n) is 2.24. The van der Waals surface area contributed by atoms with E-state index in [0.717, 1.165) is 30.8 Å². The highest BCUT2D eigenvalue weighted by Gasteiger charge is 2.03. The first-order valence-corrected chi connectivity index (χ1v) is 10.3. The number of rotatable bonds is 17. The van der Waals surface area contributed by atoms with Crippen LogP contribution in [-0.4, -0.2) is 35.2 Å². The first kappa shape index (κ1) is 22.3. The fraction of sp³-hybridized carbons (Fsp3) is 0.889. The Balaban J connectivity index is 3.17. The number of unbranched alkanes of at least 4 members (excludes halogenated alkanes) is 7. The Bertz CT molecular complexity index is 295. The highest BCUT2D eigenvalue weighted by atomic mass is 32.2. The molecule has 1 N–H and O–H groups in total.